The zero-order chi connectivity index (χ0) is 37.3. The van der Waals surface area contributed by atoms with Crippen LogP contribution in [0.2, 0.25) is 0 Å². The summed E-state index contributed by atoms with van der Waals surface area (Å²) in [6.07, 6.45) is 14.7. The highest BCUT2D eigenvalue weighted by Crippen LogP contribution is 2.75. The topological polar surface area (TPSA) is 112 Å². The van der Waals surface area contributed by atoms with Crippen LogP contribution in [-0.2, 0) is 36.9 Å². The van der Waals surface area contributed by atoms with Gasteiger partial charge in [0.15, 0.2) is 12.4 Å². The van der Waals surface area contributed by atoms with Crippen LogP contribution in [0.25, 0.3) is 0 Å². The number of fused-ring (bicyclic) bond motifs is 7. The van der Waals surface area contributed by atoms with Crippen LogP contribution in [0.3, 0.4) is 0 Å². The van der Waals surface area contributed by atoms with Crippen molar-refractivity contribution in [3.63, 3.8) is 0 Å². The van der Waals surface area contributed by atoms with Gasteiger partial charge in [-0.05, 0) is 116 Å². The summed E-state index contributed by atoms with van der Waals surface area (Å²) in [4.78, 5) is 39.6. The number of ether oxygens (including phenoxy) is 2. The number of nitrogens with zero attached hydrogens (tertiary/aromatic N) is 3. The number of hydrogen-bond donors (Lipinski definition) is 1. The standard InChI is InChI=1S/C42H51FN4O5/c1-26-30-12-13-33-40(4,17-19-42(6)34-21-39(3,37(50)51-7)15-14-38(34,2)16-18-41(33,42)5)31(30)20-32(48)36(26)52-25-35(49)44-22-29-24-47(46-45-29)23-27-8-10-28(43)11-9-27/h8-13,20,24,34H,14-19,21-23,25H2,1-7H3,(H,44,49)/t34-,38-,39-,40+,41-,42+/m1/s1. The molecule has 0 radical (unpaired) electrons. The van der Waals surface area contributed by atoms with Crippen molar-refractivity contribution in [2.24, 2.45) is 33.0 Å². The van der Waals surface area contributed by atoms with Crippen LogP contribution < -0.4 is 5.32 Å². The molecular formula is C42H51FN4O5. The maximum absolute atomic E-state index is 13.7. The number of amides is 1. The third-order valence-electron chi connectivity index (χ3n) is 14.2. The van der Waals surface area contributed by atoms with E-state index in [1.165, 1.54) is 24.8 Å². The Bertz CT molecular complexity index is 1960. The van der Waals surface area contributed by atoms with Crippen LogP contribution in [-0.4, -0.2) is 46.4 Å². The number of allylic oxidation sites excluding steroid dienone is 7. The average Bonchev–Trinajstić information content (AvgIpc) is 3.57. The van der Waals surface area contributed by atoms with Crippen LogP contribution in [0, 0.1) is 38.8 Å². The molecule has 0 aliphatic heterocycles. The van der Waals surface area contributed by atoms with Gasteiger partial charge in [-0.3, -0.25) is 14.4 Å². The number of ketones is 1. The Balaban J connectivity index is 1.06. The molecule has 6 atom stereocenters. The van der Waals surface area contributed by atoms with Crippen molar-refractivity contribution in [3.8, 4) is 0 Å². The molecule has 1 aromatic carbocycles. The number of carbonyl (C=O) groups excluding carboxylic acids is 3. The fourth-order valence-electron chi connectivity index (χ4n) is 10.7. The second-order valence-corrected chi connectivity index (χ2v) is 17.2. The van der Waals surface area contributed by atoms with Gasteiger partial charge in [-0.1, -0.05) is 62.8 Å². The summed E-state index contributed by atoms with van der Waals surface area (Å²) in [5, 5.41) is 11.0. The first-order chi connectivity index (χ1) is 24.5. The molecule has 5 aliphatic carbocycles. The average molecular weight is 711 g/mol. The summed E-state index contributed by atoms with van der Waals surface area (Å²) in [5.41, 5.74) is 4.85. The summed E-state index contributed by atoms with van der Waals surface area (Å²) in [7, 11) is 1.51. The Hall–Kier alpha value is -4.34. The molecule has 5 aliphatic rings. The zero-order valence-electron chi connectivity index (χ0n) is 31.5. The largest absolute Gasteiger partial charge is 0.479 e. The summed E-state index contributed by atoms with van der Waals surface area (Å²) in [6, 6.07) is 6.17. The molecule has 1 aromatic heterocycles. The van der Waals surface area contributed by atoms with Gasteiger partial charge in [0, 0.05) is 11.0 Å². The lowest BCUT2D eigenvalue weighted by molar-refractivity contribution is -0.180. The number of hydrogen-bond acceptors (Lipinski definition) is 7. The number of carbonyl (C=O) groups is 3. The lowest BCUT2D eigenvalue weighted by Gasteiger charge is -2.70. The number of rotatable bonds is 8. The van der Waals surface area contributed by atoms with Gasteiger partial charge < -0.3 is 14.8 Å². The summed E-state index contributed by atoms with van der Waals surface area (Å²) >= 11 is 0. The van der Waals surface area contributed by atoms with Gasteiger partial charge in [0.05, 0.1) is 31.8 Å². The number of methoxy groups -OCH3 is 1. The van der Waals surface area contributed by atoms with Crippen molar-refractivity contribution in [1.29, 1.82) is 0 Å². The fraction of sp³-hybridized carbons (Fsp3) is 0.548. The van der Waals surface area contributed by atoms with E-state index in [0.717, 1.165) is 67.2 Å². The Morgan fingerprint density at radius 1 is 1.00 bits per heavy atom. The van der Waals surface area contributed by atoms with Gasteiger partial charge >= 0.3 is 5.97 Å². The Morgan fingerprint density at radius 3 is 2.46 bits per heavy atom. The van der Waals surface area contributed by atoms with Crippen LogP contribution in [0.4, 0.5) is 4.39 Å². The number of aromatic nitrogens is 3. The van der Waals surface area contributed by atoms with E-state index in [2.05, 4.69) is 62.4 Å². The van der Waals surface area contributed by atoms with E-state index in [0.29, 0.717) is 18.2 Å². The molecule has 1 heterocycles. The predicted octanol–water partition coefficient (Wildman–Crippen LogP) is 7.34. The van der Waals surface area contributed by atoms with Gasteiger partial charge in [0.1, 0.15) is 11.5 Å². The van der Waals surface area contributed by atoms with E-state index in [1.54, 1.807) is 29.1 Å². The summed E-state index contributed by atoms with van der Waals surface area (Å²) in [6.45, 7) is 13.9. The highest BCUT2D eigenvalue weighted by Gasteiger charge is 2.67. The quantitative estimate of drug-likeness (QED) is 0.286. The number of halogens is 1. The minimum atomic E-state index is -0.477. The first-order valence-corrected chi connectivity index (χ1v) is 18.6. The molecule has 276 valence electrons. The lowest BCUT2D eigenvalue weighted by atomic mass is 9.34. The first kappa shape index (κ1) is 36.0. The van der Waals surface area contributed by atoms with Crippen molar-refractivity contribution in [3.05, 3.63) is 93.8 Å². The van der Waals surface area contributed by atoms with E-state index < -0.39 is 5.41 Å². The molecule has 1 amide bonds. The molecule has 0 bridgehead atoms. The predicted molar refractivity (Wildman–Crippen MR) is 194 cm³/mol. The number of esters is 1. The molecular weight excluding hydrogens is 659 g/mol. The third kappa shape index (κ3) is 5.68. The maximum Gasteiger partial charge on any atom is 0.311 e. The van der Waals surface area contributed by atoms with Crippen LogP contribution in [0.5, 0.6) is 0 Å². The molecule has 3 fully saturated rings. The van der Waals surface area contributed by atoms with E-state index in [1.807, 2.05) is 6.92 Å². The Kier molecular flexibility index (Phi) is 8.77. The zero-order valence-corrected chi connectivity index (χ0v) is 31.5. The molecule has 9 nitrogen and oxygen atoms in total. The van der Waals surface area contributed by atoms with Crippen molar-refractivity contribution in [2.75, 3.05) is 13.7 Å². The molecule has 52 heavy (non-hydrogen) atoms. The summed E-state index contributed by atoms with van der Waals surface area (Å²) in [5.74, 6) is -0.429. The van der Waals surface area contributed by atoms with Crippen LogP contribution >= 0.6 is 0 Å². The van der Waals surface area contributed by atoms with Crippen LogP contribution in [0.1, 0.15) is 97.7 Å². The SMILES string of the molecule is COC(=O)[C@]1(C)CC[C@]2(C)CC[C@]3(C)C4=CC=C5C(=CC(=O)C(OCC(=O)NCc6cn(Cc7ccc(F)cc7)nn6)=C5C)[C@]4(C)CC[C@@]3(C)[C@@H]2C1. The van der Waals surface area contributed by atoms with Gasteiger partial charge in [-0.25, -0.2) is 9.07 Å². The number of nitrogens with one attached hydrogen (secondary N) is 1. The van der Waals surface area contributed by atoms with Crippen LogP contribution in [0.15, 0.2) is 76.7 Å². The minimum absolute atomic E-state index is 0.0189. The number of benzene rings is 1. The maximum atomic E-state index is 13.7. The molecule has 0 unspecified atom stereocenters. The van der Waals surface area contributed by atoms with Gasteiger partial charge in [-0.15, -0.1) is 5.10 Å². The lowest BCUT2D eigenvalue weighted by Crippen LogP contribution is -2.62. The molecule has 2 aromatic rings. The van der Waals surface area contributed by atoms with E-state index in [4.69, 9.17) is 9.47 Å². The van der Waals surface area contributed by atoms with Crippen molar-refractivity contribution < 1.29 is 28.2 Å². The van der Waals surface area contributed by atoms with E-state index >= 15 is 0 Å². The second kappa shape index (κ2) is 12.7. The third-order valence-corrected chi connectivity index (χ3v) is 14.2. The normalized spacial score (nSPS) is 33.7. The van der Waals surface area contributed by atoms with E-state index in [-0.39, 0.29) is 64.0 Å². The van der Waals surface area contributed by atoms with Gasteiger partial charge in [0.2, 0.25) is 5.78 Å². The highest BCUT2D eigenvalue weighted by atomic mass is 19.1. The van der Waals surface area contributed by atoms with Gasteiger partial charge in [-0.2, -0.15) is 0 Å². The minimum Gasteiger partial charge on any atom is -0.479 e. The van der Waals surface area contributed by atoms with Crippen molar-refractivity contribution in [2.45, 2.75) is 99.6 Å². The Morgan fingerprint density at radius 2 is 1.73 bits per heavy atom. The molecule has 10 heteroatoms. The smallest absolute Gasteiger partial charge is 0.311 e. The second-order valence-electron chi connectivity index (χ2n) is 17.2. The molecule has 3 saturated carbocycles. The van der Waals surface area contributed by atoms with Crippen molar-refractivity contribution >= 4 is 17.7 Å². The monoisotopic (exact) mass is 710 g/mol. The molecule has 7 rings (SSSR count). The first-order valence-electron chi connectivity index (χ1n) is 18.6. The molecule has 0 saturated heterocycles. The summed E-state index contributed by atoms with van der Waals surface area (Å²) < 4.78 is 26.1. The van der Waals surface area contributed by atoms with E-state index in [9.17, 15) is 18.8 Å². The highest BCUT2D eigenvalue weighted by molar-refractivity contribution is 6.07. The fourth-order valence-corrected chi connectivity index (χ4v) is 10.7. The molecule has 1 N–H and O–H groups in total. The van der Waals surface area contributed by atoms with Crippen molar-refractivity contribution in [1.82, 2.24) is 20.3 Å². The Labute approximate surface area is 305 Å². The molecule has 0 spiro atoms. The van der Waals surface area contributed by atoms with Gasteiger partial charge in [0.25, 0.3) is 5.91 Å².